The summed E-state index contributed by atoms with van der Waals surface area (Å²) < 4.78 is 14.1. The predicted octanol–water partition coefficient (Wildman–Crippen LogP) is 6.51. The van der Waals surface area contributed by atoms with Crippen molar-refractivity contribution in [3.8, 4) is 17.3 Å². The summed E-state index contributed by atoms with van der Waals surface area (Å²) in [5.74, 6) is 1.20. The zero-order valence-corrected chi connectivity index (χ0v) is 21.0. The van der Waals surface area contributed by atoms with Gasteiger partial charge >= 0.3 is 0 Å². The molecule has 1 atom stereocenters. The summed E-state index contributed by atoms with van der Waals surface area (Å²) in [6, 6.07) is 20.8. The molecule has 35 heavy (non-hydrogen) atoms. The smallest absolute Gasteiger partial charge is 0.264 e. The van der Waals surface area contributed by atoms with Crippen molar-refractivity contribution >= 4 is 28.8 Å². The third-order valence-corrected chi connectivity index (χ3v) is 7.09. The van der Waals surface area contributed by atoms with Crippen molar-refractivity contribution < 1.29 is 14.3 Å². The first-order valence-electron chi connectivity index (χ1n) is 11.6. The van der Waals surface area contributed by atoms with Gasteiger partial charge in [0.15, 0.2) is 0 Å². The molecule has 0 spiro atoms. The van der Waals surface area contributed by atoms with Crippen molar-refractivity contribution in [3.63, 3.8) is 0 Å². The fourth-order valence-electron chi connectivity index (χ4n) is 4.18. The number of rotatable bonds is 8. The third kappa shape index (κ3) is 5.42. The number of halogens is 1. The van der Waals surface area contributed by atoms with Crippen molar-refractivity contribution in [2.75, 3.05) is 13.2 Å². The summed E-state index contributed by atoms with van der Waals surface area (Å²) >= 11 is 7.53. The van der Waals surface area contributed by atoms with Gasteiger partial charge in [0, 0.05) is 18.2 Å². The summed E-state index contributed by atoms with van der Waals surface area (Å²) in [5, 5.41) is 7.36. The molecule has 4 aromatic rings. The van der Waals surface area contributed by atoms with E-state index < -0.39 is 0 Å². The van der Waals surface area contributed by atoms with Crippen LogP contribution < -0.4 is 4.74 Å². The van der Waals surface area contributed by atoms with Crippen molar-refractivity contribution in [3.05, 3.63) is 93.3 Å². The summed E-state index contributed by atoms with van der Waals surface area (Å²) in [5.41, 5.74) is 2.53. The van der Waals surface area contributed by atoms with Crippen LogP contribution in [0.25, 0.3) is 5.69 Å². The van der Waals surface area contributed by atoms with Crippen molar-refractivity contribution in [1.82, 2.24) is 14.7 Å². The van der Waals surface area contributed by atoms with E-state index in [1.807, 2.05) is 71.8 Å². The number of amides is 1. The minimum Gasteiger partial charge on any atom is -0.439 e. The van der Waals surface area contributed by atoms with Gasteiger partial charge in [-0.15, -0.1) is 11.3 Å². The first-order valence-corrected chi connectivity index (χ1v) is 12.9. The van der Waals surface area contributed by atoms with Gasteiger partial charge in [-0.1, -0.05) is 35.9 Å². The molecule has 3 heterocycles. The molecule has 0 radical (unpaired) electrons. The van der Waals surface area contributed by atoms with Gasteiger partial charge in [-0.25, -0.2) is 4.68 Å². The van der Waals surface area contributed by atoms with E-state index in [-0.39, 0.29) is 12.0 Å². The fraction of sp³-hybridized carbons (Fsp3) is 0.259. The maximum atomic E-state index is 13.5. The van der Waals surface area contributed by atoms with E-state index in [0.717, 1.165) is 36.4 Å². The molecule has 1 amide bonds. The fourth-order valence-corrected chi connectivity index (χ4v) is 5.00. The Hall–Kier alpha value is -3.13. The highest BCUT2D eigenvalue weighted by atomic mass is 35.5. The van der Waals surface area contributed by atoms with E-state index in [4.69, 9.17) is 26.2 Å². The van der Waals surface area contributed by atoms with E-state index in [0.29, 0.717) is 34.6 Å². The summed E-state index contributed by atoms with van der Waals surface area (Å²) in [6.45, 7) is 3.57. The van der Waals surface area contributed by atoms with Gasteiger partial charge in [0.1, 0.15) is 5.75 Å². The number of thiophene rings is 1. The molecule has 0 unspecified atom stereocenters. The number of carbonyl (C=O) groups is 1. The van der Waals surface area contributed by atoms with Crippen LogP contribution in [0.5, 0.6) is 11.6 Å². The Morgan fingerprint density at radius 1 is 1.17 bits per heavy atom. The number of hydrogen-bond donors (Lipinski definition) is 0. The molecular formula is C27H26ClN3O3S. The van der Waals surface area contributed by atoms with Crippen molar-refractivity contribution in [2.24, 2.45) is 0 Å². The van der Waals surface area contributed by atoms with Gasteiger partial charge in [0.2, 0.25) is 5.88 Å². The second-order valence-corrected chi connectivity index (χ2v) is 9.85. The first-order chi connectivity index (χ1) is 17.1. The minimum atomic E-state index is -0.0141. The molecule has 8 heteroatoms. The van der Waals surface area contributed by atoms with Crippen molar-refractivity contribution in [2.45, 2.75) is 32.4 Å². The Bertz CT molecular complexity index is 1270. The van der Waals surface area contributed by atoms with Gasteiger partial charge in [0.05, 0.1) is 34.5 Å². The van der Waals surface area contributed by atoms with E-state index in [1.165, 1.54) is 11.3 Å². The van der Waals surface area contributed by atoms with Gasteiger partial charge in [0.25, 0.3) is 5.91 Å². The molecule has 1 fully saturated rings. The maximum absolute atomic E-state index is 13.5. The second kappa shape index (κ2) is 10.6. The summed E-state index contributed by atoms with van der Waals surface area (Å²) in [7, 11) is 0. The highest BCUT2D eigenvalue weighted by Crippen LogP contribution is 2.33. The van der Waals surface area contributed by atoms with Crippen LogP contribution in [0.4, 0.5) is 0 Å². The van der Waals surface area contributed by atoms with E-state index >= 15 is 0 Å². The number of hydrogen-bond acceptors (Lipinski definition) is 5. The van der Waals surface area contributed by atoms with Crippen molar-refractivity contribution in [1.29, 1.82) is 0 Å². The predicted molar refractivity (Wildman–Crippen MR) is 138 cm³/mol. The quantitative estimate of drug-likeness (QED) is 0.273. The molecule has 1 saturated heterocycles. The lowest BCUT2D eigenvalue weighted by atomic mass is 10.2. The monoisotopic (exact) mass is 507 g/mol. The van der Waals surface area contributed by atoms with E-state index in [1.54, 1.807) is 16.8 Å². The molecule has 1 aliphatic rings. The van der Waals surface area contributed by atoms with Gasteiger partial charge in [-0.3, -0.25) is 4.79 Å². The number of para-hydroxylation sites is 1. The van der Waals surface area contributed by atoms with E-state index in [2.05, 4.69) is 0 Å². The van der Waals surface area contributed by atoms with Crippen LogP contribution in [-0.2, 0) is 11.3 Å². The molecular weight excluding hydrogens is 482 g/mol. The topological polar surface area (TPSA) is 56.6 Å². The maximum Gasteiger partial charge on any atom is 0.264 e. The summed E-state index contributed by atoms with van der Waals surface area (Å²) in [6.07, 6.45) is 2.00. The number of ether oxygens (including phenoxy) is 2. The number of nitrogens with zero attached hydrogens (tertiary/aromatic N) is 3. The molecule has 2 aromatic carbocycles. The molecule has 5 rings (SSSR count). The molecule has 2 aromatic heterocycles. The molecule has 180 valence electrons. The highest BCUT2D eigenvalue weighted by Gasteiger charge is 2.28. The number of carbonyl (C=O) groups excluding carboxylic acids is 1. The number of aromatic nitrogens is 2. The highest BCUT2D eigenvalue weighted by molar-refractivity contribution is 7.12. The second-order valence-electron chi connectivity index (χ2n) is 8.47. The zero-order chi connectivity index (χ0) is 24.2. The van der Waals surface area contributed by atoms with Crippen LogP contribution in [0.2, 0.25) is 5.02 Å². The molecule has 6 nitrogen and oxygen atoms in total. The Balaban J connectivity index is 1.53. The van der Waals surface area contributed by atoms with Crippen LogP contribution >= 0.6 is 22.9 Å². The Morgan fingerprint density at radius 2 is 1.97 bits per heavy atom. The molecule has 0 saturated carbocycles. The van der Waals surface area contributed by atoms with Crippen LogP contribution in [0.15, 0.2) is 72.1 Å². The van der Waals surface area contributed by atoms with Crippen LogP contribution in [-0.4, -0.2) is 39.8 Å². The average Bonchev–Trinajstić information content (AvgIpc) is 3.64. The first kappa shape index (κ1) is 23.6. The molecule has 1 aliphatic heterocycles. The average molecular weight is 508 g/mol. The molecule has 0 N–H and O–H groups in total. The van der Waals surface area contributed by atoms with Crippen LogP contribution in [0, 0.1) is 6.92 Å². The Labute approximate surface area is 213 Å². The SMILES string of the molecule is Cc1nn(-c2ccccc2)c(Oc2ccc(Cl)cc2)c1CN(C[C@@H]1CCCO1)C(=O)c1cccs1. The standard InChI is InChI=1S/C27H26ClN3O3S/c1-19-24(18-30(17-23-9-5-15-33-23)26(32)25-10-6-16-35-25)27(34-22-13-11-20(28)12-14-22)31(29-19)21-7-3-2-4-8-21/h2-4,6-8,10-14,16,23H,5,9,15,17-18H2,1H3/t23-/m0/s1. The third-order valence-electron chi connectivity index (χ3n) is 5.98. The van der Waals surface area contributed by atoms with E-state index in [9.17, 15) is 4.79 Å². The molecule has 0 bridgehead atoms. The lowest BCUT2D eigenvalue weighted by molar-refractivity contribution is 0.0509. The lowest BCUT2D eigenvalue weighted by Crippen LogP contribution is -2.36. The minimum absolute atomic E-state index is 0.0141. The number of benzene rings is 2. The largest absolute Gasteiger partial charge is 0.439 e. The lowest BCUT2D eigenvalue weighted by Gasteiger charge is -2.25. The Kier molecular flexibility index (Phi) is 7.18. The van der Waals surface area contributed by atoms with Gasteiger partial charge in [-0.2, -0.15) is 5.10 Å². The zero-order valence-electron chi connectivity index (χ0n) is 19.4. The Morgan fingerprint density at radius 3 is 2.66 bits per heavy atom. The number of aryl methyl sites for hydroxylation is 1. The summed E-state index contributed by atoms with van der Waals surface area (Å²) in [4.78, 5) is 16.1. The normalized spacial score (nSPS) is 15.3. The van der Waals surface area contributed by atoms with Gasteiger partial charge in [-0.05, 0) is 67.6 Å². The van der Waals surface area contributed by atoms with Crippen LogP contribution in [0.3, 0.4) is 0 Å². The van der Waals surface area contributed by atoms with Gasteiger partial charge < -0.3 is 14.4 Å². The van der Waals surface area contributed by atoms with Crippen LogP contribution in [0.1, 0.15) is 33.8 Å². The molecule has 0 aliphatic carbocycles.